The number of nitrogens with zero attached hydrogens (tertiary/aromatic N) is 4. The average Bonchev–Trinajstić information content (AvgIpc) is 3.11. The lowest BCUT2D eigenvalue weighted by atomic mass is 10.1. The highest BCUT2D eigenvalue weighted by Crippen LogP contribution is 2.17. The van der Waals surface area contributed by atoms with Crippen molar-refractivity contribution in [2.75, 3.05) is 26.7 Å². The van der Waals surface area contributed by atoms with E-state index in [1.165, 1.54) is 12.1 Å². The summed E-state index contributed by atoms with van der Waals surface area (Å²) in [6.07, 6.45) is 2.36. The van der Waals surface area contributed by atoms with Crippen LogP contribution in [-0.4, -0.2) is 47.5 Å². The predicted octanol–water partition coefficient (Wildman–Crippen LogP) is 2.54. The van der Waals surface area contributed by atoms with Crippen LogP contribution in [0, 0.1) is 5.82 Å². The molecule has 0 saturated heterocycles. The van der Waals surface area contributed by atoms with Crippen molar-refractivity contribution in [3.05, 3.63) is 47.8 Å². The largest absolute Gasteiger partial charge is 0.375 e. The van der Waals surface area contributed by atoms with E-state index in [9.17, 15) is 4.39 Å². The van der Waals surface area contributed by atoms with E-state index in [1.54, 1.807) is 25.6 Å². The summed E-state index contributed by atoms with van der Waals surface area (Å²) in [6.45, 7) is 6.72. The van der Waals surface area contributed by atoms with Gasteiger partial charge in [0.05, 0.1) is 6.54 Å². The summed E-state index contributed by atoms with van der Waals surface area (Å²) in [5, 5.41) is 14.5. The average molecular weight is 490 g/mol. The van der Waals surface area contributed by atoms with Crippen LogP contribution >= 0.6 is 24.0 Å². The monoisotopic (exact) mass is 490 g/mol. The molecule has 1 aromatic carbocycles. The molecule has 1 atom stereocenters. The molecule has 1 aromatic heterocycles. The SMILES string of the molecule is CCNC(=NCC(OC)c1ccc(F)cc1)NCCn1cnnc1CC.I. The van der Waals surface area contributed by atoms with Gasteiger partial charge in [0.25, 0.3) is 0 Å². The highest BCUT2D eigenvalue weighted by molar-refractivity contribution is 14.0. The lowest BCUT2D eigenvalue weighted by Gasteiger charge is -2.16. The first-order chi connectivity index (χ1) is 12.7. The third kappa shape index (κ3) is 7.41. The number of ether oxygens (including phenoxy) is 1. The van der Waals surface area contributed by atoms with Crippen LogP contribution in [0.25, 0.3) is 0 Å². The molecule has 0 spiro atoms. The number of nitrogens with one attached hydrogen (secondary N) is 2. The number of guanidine groups is 1. The summed E-state index contributed by atoms with van der Waals surface area (Å²) < 4.78 is 20.6. The van der Waals surface area contributed by atoms with E-state index in [0.717, 1.165) is 30.9 Å². The maximum Gasteiger partial charge on any atom is 0.191 e. The van der Waals surface area contributed by atoms with Gasteiger partial charge < -0.3 is 19.9 Å². The minimum Gasteiger partial charge on any atom is -0.375 e. The van der Waals surface area contributed by atoms with Gasteiger partial charge in [0.15, 0.2) is 5.96 Å². The van der Waals surface area contributed by atoms with Crippen LogP contribution in [-0.2, 0) is 17.7 Å². The minimum atomic E-state index is -0.262. The van der Waals surface area contributed by atoms with Gasteiger partial charge in [-0.15, -0.1) is 34.2 Å². The summed E-state index contributed by atoms with van der Waals surface area (Å²) in [6, 6.07) is 6.30. The number of rotatable bonds is 9. The van der Waals surface area contributed by atoms with Crippen molar-refractivity contribution < 1.29 is 9.13 Å². The maximum atomic E-state index is 13.1. The molecule has 2 aromatic rings. The maximum absolute atomic E-state index is 13.1. The van der Waals surface area contributed by atoms with Crippen molar-refractivity contribution in [3.63, 3.8) is 0 Å². The number of benzene rings is 1. The van der Waals surface area contributed by atoms with Crippen LogP contribution < -0.4 is 10.6 Å². The van der Waals surface area contributed by atoms with Gasteiger partial charge >= 0.3 is 0 Å². The molecule has 0 bridgehead atoms. The van der Waals surface area contributed by atoms with E-state index in [2.05, 4.69) is 32.7 Å². The van der Waals surface area contributed by atoms with Crippen molar-refractivity contribution >= 4 is 29.9 Å². The highest BCUT2D eigenvalue weighted by atomic mass is 127. The summed E-state index contributed by atoms with van der Waals surface area (Å²) in [5.74, 6) is 1.41. The van der Waals surface area contributed by atoms with Gasteiger partial charge in [0.2, 0.25) is 0 Å². The Balaban J connectivity index is 0.00000364. The van der Waals surface area contributed by atoms with E-state index in [-0.39, 0.29) is 35.9 Å². The zero-order valence-corrected chi connectivity index (χ0v) is 18.3. The first-order valence-electron chi connectivity index (χ1n) is 8.85. The minimum absolute atomic E-state index is 0. The van der Waals surface area contributed by atoms with Crippen LogP contribution in [0.2, 0.25) is 0 Å². The zero-order chi connectivity index (χ0) is 18.8. The zero-order valence-electron chi connectivity index (χ0n) is 16.0. The molecule has 1 unspecified atom stereocenters. The van der Waals surface area contributed by atoms with E-state index in [0.29, 0.717) is 19.0 Å². The molecule has 0 aliphatic heterocycles. The number of hydrogen-bond acceptors (Lipinski definition) is 4. The summed E-state index contributed by atoms with van der Waals surface area (Å²) in [5.41, 5.74) is 0.894. The molecule has 0 aliphatic carbocycles. The van der Waals surface area contributed by atoms with Crippen LogP contribution in [0.4, 0.5) is 4.39 Å². The quantitative estimate of drug-likeness (QED) is 0.321. The fraction of sp³-hybridized carbons (Fsp3) is 0.500. The van der Waals surface area contributed by atoms with Crippen molar-refractivity contribution in [3.8, 4) is 0 Å². The van der Waals surface area contributed by atoms with Crippen LogP contribution in [0.3, 0.4) is 0 Å². The van der Waals surface area contributed by atoms with E-state index in [1.807, 2.05) is 11.5 Å². The lowest BCUT2D eigenvalue weighted by Crippen LogP contribution is -2.39. The molecule has 0 radical (unpaired) electrons. The van der Waals surface area contributed by atoms with Crippen molar-refractivity contribution in [2.45, 2.75) is 32.9 Å². The van der Waals surface area contributed by atoms with Crippen LogP contribution in [0.5, 0.6) is 0 Å². The third-order valence-electron chi connectivity index (χ3n) is 3.94. The molecule has 0 aliphatic rings. The van der Waals surface area contributed by atoms with Crippen molar-refractivity contribution in [2.24, 2.45) is 4.99 Å². The van der Waals surface area contributed by atoms with Gasteiger partial charge in [-0.05, 0) is 24.6 Å². The van der Waals surface area contributed by atoms with Gasteiger partial charge in [-0.25, -0.2) is 4.39 Å². The predicted molar refractivity (Wildman–Crippen MR) is 115 cm³/mol. The molecule has 2 rings (SSSR count). The Morgan fingerprint density at radius 2 is 2.00 bits per heavy atom. The summed E-state index contributed by atoms with van der Waals surface area (Å²) in [7, 11) is 1.63. The molecule has 150 valence electrons. The second-order valence-corrected chi connectivity index (χ2v) is 5.72. The van der Waals surface area contributed by atoms with E-state index < -0.39 is 0 Å². The molecular weight excluding hydrogens is 462 g/mol. The Morgan fingerprint density at radius 3 is 2.63 bits per heavy atom. The fourth-order valence-corrected chi connectivity index (χ4v) is 2.54. The molecule has 9 heteroatoms. The second-order valence-electron chi connectivity index (χ2n) is 5.72. The number of aliphatic imine (C=N–C) groups is 1. The first kappa shape index (κ1) is 23.3. The standard InChI is InChI=1S/C18H27FN6O.HI/c1-4-17-24-23-13-25(17)11-10-21-18(20-5-2)22-12-16(26-3)14-6-8-15(19)9-7-14;/h6-9,13,16H,4-5,10-12H2,1-3H3,(H2,20,21,22);1H. The summed E-state index contributed by atoms with van der Waals surface area (Å²) >= 11 is 0. The first-order valence-corrected chi connectivity index (χ1v) is 8.85. The Bertz CT molecular complexity index is 691. The number of aromatic nitrogens is 3. The number of methoxy groups -OCH3 is 1. The fourth-order valence-electron chi connectivity index (χ4n) is 2.54. The van der Waals surface area contributed by atoms with Gasteiger partial charge in [-0.3, -0.25) is 4.99 Å². The molecular formula is C18H28FIN6O. The Hall–Kier alpha value is -1.75. The molecule has 0 fully saturated rings. The Labute approximate surface area is 176 Å². The lowest BCUT2D eigenvalue weighted by molar-refractivity contribution is 0.111. The molecule has 2 N–H and O–H groups in total. The number of halogens is 2. The molecule has 0 saturated carbocycles. The number of hydrogen-bond donors (Lipinski definition) is 2. The van der Waals surface area contributed by atoms with Gasteiger partial charge in [-0.2, -0.15) is 0 Å². The molecule has 0 amide bonds. The van der Waals surface area contributed by atoms with Gasteiger partial charge in [0.1, 0.15) is 24.1 Å². The molecule has 1 heterocycles. The topological polar surface area (TPSA) is 76.4 Å². The van der Waals surface area contributed by atoms with Gasteiger partial charge in [-0.1, -0.05) is 19.1 Å². The van der Waals surface area contributed by atoms with Gasteiger partial charge in [0, 0.05) is 33.2 Å². The van der Waals surface area contributed by atoms with E-state index in [4.69, 9.17) is 4.74 Å². The third-order valence-corrected chi connectivity index (χ3v) is 3.94. The Kier molecular flexibility index (Phi) is 10.9. The summed E-state index contributed by atoms with van der Waals surface area (Å²) in [4.78, 5) is 4.58. The van der Waals surface area contributed by atoms with Crippen molar-refractivity contribution in [1.29, 1.82) is 0 Å². The highest BCUT2D eigenvalue weighted by Gasteiger charge is 2.10. The molecule has 27 heavy (non-hydrogen) atoms. The normalized spacial score (nSPS) is 12.4. The van der Waals surface area contributed by atoms with Crippen LogP contribution in [0.1, 0.15) is 31.3 Å². The second kappa shape index (κ2) is 12.6. The van der Waals surface area contributed by atoms with Crippen LogP contribution in [0.15, 0.2) is 35.6 Å². The van der Waals surface area contributed by atoms with Crippen molar-refractivity contribution in [1.82, 2.24) is 25.4 Å². The Morgan fingerprint density at radius 1 is 1.26 bits per heavy atom. The number of aryl methyl sites for hydroxylation is 1. The molecule has 7 nitrogen and oxygen atoms in total. The smallest absolute Gasteiger partial charge is 0.191 e. The van der Waals surface area contributed by atoms with E-state index >= 15 is 0 Å².